The van der Waals surface area contributed by atoms with E-state index in [1.54, 1.807) is 0 Å². The molecular formula is C22H15F7N4O5. The summed E-state index contributed by atoms with van der Waals surface area (Å²) in [7, 11) is 1.37. The van der Waals surface area contributed by atoms with Crippen LogP contribution >= 0.6 is 0 Å². The molecule has 0 fully saturated rings. The van der Waals surface area contributed by atoms with Gasteiger partial charge in [0.15, 0.2) is 28.8 Å². The van der Waals surface area contributed by atoms with E-state index < -0.39 is 59.4 Å². The first-order valence-electron chi connectivity index (χ1n) is 10.4. The highest BCUT2D eigenvalue weighted by molar-refractivity contribution is 5.77. The minimum absolute atomic E-state index is 0.0535. The molecule has 38 heavy (non-hydrogen) atoms. The van der Waals surface area contributed by atoms with Crippen LogP contribution in [0, 0.1) is 5.82 Å². The van der Waals surface area contributed by atoms with E-state index in [1.165, 1.54) is 35.9 Å². The van der Waals surface area contributed by atoms with E-state index in [2.05, 4.69) is 9.72 Å². The number of halogens is 7. The minimum atomic E-state index is -5.03. The largest absolute Gasteiger partial charge is 0.573 e. The van der Waals surface area contributed by atoms with Crippen molar-refractivity contribution in [3.63, 3.8) is 0 Å². The number of hydrogen-bond acceptors (Lipinski definition) is 6. The standard InChI is InChI=1S/C22H15F7N4O5/c1-32-16-18(33(20(36)31-19(16)35)9-15(34)21(24,25)26)30-17(32)10-2-4-11(5-3-10)37-14-7-6-12(8-13(14)23)38-22(27,28)29/h2-8,15,34H,9H2,1H3,(H,31,35,36). The molecule has 2 heterocycles. The van der Waals surface area contributed by atoms with E-state index in [-0.39, 0.29) is 17.1 Å². The van der Waals surface area contributed by atoms with Crippen molar-refractivity contribution in [1.82, 2.24) is 19.1 Å². The zero-order valence-corrected chi connectivity index (χ0v) is 18.9. The lowest BCUT2D eigenvalue weighted by molar-refractivity contribution is -0.274. The van der Waals surface area contributed by atoms with Crippen LogP contribution in [0.25, 0.3) is 22.6 Å². The van der Waals surface area contributed by atoms with Gasteiger partial charge in [-0.2, -0.15) is 13.2 Å². The van der Waals surface area contributed by atoms with Crippen molar-refractivity contribution in [3.8, 4) is 28.6 Å². The Labute approximate surface area is 206 Å². The molecule has 0 radical (unpaired) electrons. The third kappa shape index (κ3) is 5.49. The normalized spacial score (nSPS) is 13.1. The Morgan fingerprint density at radius 3 is 2.24 bits per heavy atom. The molecule has 4 aromatic rings. The summed E-state index contributed by atoms with van der Waals surface area (Å²) in [5.41, 5.74) is -2.45. The molecule has 1 unspecified atom stereocenters. The van der Waals surface area contributed by atoms with Crippen LogP contribution in [0.2, 0.25) is 0 Å². The number of H-pyrrole nitrogens is 1. The zero-order chi connectivity index (χ0) is 28.0. The highest BCUT2D eigenvalue weighted by atomic mass is 19.4. The molecule has 9 nitrogen and oxygen atoms in total. The van der Waals surface area contributed by atoms with Crippen molar-refractivity contribution in [1.29, 1.82) is 0 Å². The Morgan fingerprint density at radius 2 is 1.66 bits per heavy atom. The number of rotatable bonds is 6. The number of benzene rings is 2. The highest BCUT2D eigenvalue weighted by Crippen LogP contribution is 2.31. The topological polar surface area (TPSA) is 111 Å². The van der Waals surface area contributed by atoms with Crippen LogP contribution in [0.15, 0.2) is 52.1 Å². The van der Waals surface area contributed by atoms with Crippen molar-refractivity contribution >= 4 is 11.2 Å². The minimum Gasteiger partial charge on any atom is -0.454 e. The van der Waals surface area contributed by atoms with E-state index in [0.717, 1.165) is 12.1 Å². The van der Waals surface area contributed by atoms with Gasteiger partial charge >= 0.3 is 18.2 Å². The van der Waals surface area contributed by atoms with Crippen molar-refractivity contribution in [2.24, 2.45) is 7.05 Å². The second-order valence-electron chi connectivity index (χ2n) is 7.86. The predicted octanol–water partition coefficient (Wildman–Crippen LogP) is 3.84. The first-order valence-corrected chi connectivity index (χ1v) is 10.4. The number of ether oxygens (including phenoxy) is 2. The molecular weight excluding hydrogens is 533 g/mol. The highest BCUT2D eigenvalue weighted by Gasteiger charge is 2.39. The van der Waals surface area contributed by atoms with Gasteiger partial charge in [-0.25, -0.2) is 14.2 Å². The van der Waals surface area contributed by atoms with Crippen LogP contribution in [-0.4, -0.2) is 42.9 Å². The molecule has 0 spiro atoms. The van der Waals surface area contributed by atoms with Crippen molar-refractivity contribution in [3.05, 3.63) is 69.1 Å². The van der Waals surface area contributed by atoms with Crippen LogP contribution in [-0.2, 0) is 13.6 Å². The first-order chi connectivity index (χ1) is 17.6. The third-order valence-electron chi connectivity index (χ3n) is 5.22. The lowest BCUT2D eigenvalue weighted by Crippen LogP contribution is -2.39. The maximum absolute atomic E-state index is 14.2. The number of aromatic amines is 1. The van der Waals surface area contributed by atoms with Gasteiger partial charge in [0.05, 0.1) is 6.54 Å². The lowest BCUT2D eigenvalue weighted by Gasteiger charge is -2.15. The van der Waals surface area contributed by atoms with E-state index in [4.69, 9.17) is 4.74 Å². The molecule has 0 saturated carbocycles. The van der Waals surface area contributed by atoms with Crippen LogP contribution in [0.4, 0.5) is 30.7 Å². The molecule has 0 saturated heterocycles. The summed E-state index contributed by atoms with van der Waals surface area (Å²) in [6, 6.07) is 7.73. The van der Waals surface area contributed by atoms with Gasteiger partial charge in [-0.1, -0.05) is 0 Å². The van der Waals surface area contributed by atoms with E-state index in [9.17, 15) is 45.4 Å². The van der Waals surface area contributed by atoms with Crippen LogP contribution in [0.5, 0.6) is 17.2 Å². The third-order valence-corrected chi connectivity index (χ3v) is 5.22. The number of aliphatic hydroxyl groups is 1. The molecule has 0 bridgehead atoms. The molecule has 16 heteroatoms. The fraction of sp³-hybridized carbons (Fsp3) is 0.227. The van der Waals surface area contributed by atoms with Crippen molar-refractivity contribution in [2.45, 2.75) is 25.2 Å². The number of aliphatic hydroxyl groups excluding tert-OH is 1. The van der Waals surface area contributed by atoms with Crippen LogP contribution < -0.4 is 20.7 Å². The van der Waals surface area contributed by atoms with Gasteiger partial charge in [-0.15, -0.1) is 13.2 Å². The molecule has 2 N–H and O–H groups in total. The molecule has 0 aliphatic heterocycles. The number of nitrogens with one attached hydrogen (secondary N) is 1. The summed E-state index contributed by atoms with van der Waals surface area (Å²) in [5.74, 6) is -2.22. The van der Waals surface area contributed by atoms with E-state index >= 15 is 0 Å². The summed E-state index contributed by atoms with van der Waals surface area (Å²) < 4.78 is 100. The Bertz CT molecular complexity index is 1600. The van der Waals surface area contributed by atoms with Gasteiger partial charge in [0, 0.05) is 18.7 Å². The molecule has 1 atom stereocenters. The molecule has 0 aliphatic carbocycles. The van der Waals surface area contributed by atoms with Gasteiger partial charge < -0.3 is 19.1 Å². The average molecular weight is 548 g/mol. The lowest BCUT2D eigenvalue weighted by atomic mass is 10.2. The summed E-state index contributed by atoms with van der Waals surface area (Å²) in [4.78, 5) is 30.5. The Morgan fingerprint density at radius 1 is 1.03 bits per heavy atom. The molecule has 0 aliphatic rings. The first kappa shape index (κ1) is 26.7. The average Bonchev–Trinajstić information content (AvgIpc) is 3.14. The number of aromatic nitrogens is 4. The summed E-state index contributed by atoms with van der Waals surface area (Å²) in [6.07, 6.45) is -12.9. The van der Waals surface area contributed by atoms with Gasteiger partial charge in [0.2, 0.25) is 0 Å². The maximum atomic E-state index is 14.2. The van der Waals surface area contributed by atoms with Gasteiger partial charge in [0.25, 0.3) is 5.56 Å². The monoisotopic (exact) mass is 548 g/mol. The molecule has 2 aromatic heterocycles. The molecule has 202 valence electrons. The van der Waals surface area contributed by atoms with Crippen LogP contribution in [0.1, 0.15) is 0 Å². The summed E-state index contributed by atoms with van der Waals surface area (Å²) in [5, 5.41) is 9.41. The van der Waals surface area contributed by atoms with Crippen molar-refractivity contribution in [2.75, 3.05) is 0 Å². The van der Waals surface area contributed by atoms with Gasteiger partial charge in [-0.3, -0.25) is 14.3 Å². The van der Waals surface area contributed by atoms with E-state index in [0.29, 0.717) is 16.2 Å². The summed E-state index contributed by atoms with van der Waals surface area (Å²) in [6.45, 7) is -1.21. The SMILES string of the molecule is Cn1c(-c2ccc(Oc3ccc(OC(F)(F)F)cc3F)cc2)nc2c1c(=O)[nH]c(=O)n2CC(O)C(F)(F)F. The fourth-order valence-corrected chi connectivity index (χ4v) is 3.51. The number of fused-ring (bicyclic) bond motifs is 1. The maximum Gasteiger partial charge on any atom is 0.573 e. The predicted molar refractivity (Wildman–Crippen MR) is 116 cm³/mol. The second kappa shape index (κ2) is 9.51. The molecule has 0 amide bonds. The fourth-order valence-electron chi connectivity index (χ4n) is 3.51. The number of alkyl halides is 6. The van der Waals surface area contributed by atoms with Gasteiger partial charge in [0.1, 0.15) is 17.3 Å². The number of nitrogens with zero attached hydrogens (tertiary/aromatic N) is 3. The van der Waals surface area contributed by atoms with Gasteiger partial charge in [-0.05, 0) is 36.4 Å². The Kier molecular flexibility index (Phi) is 6.69. The Balaban J connectivity index is 1.64. The second-order valence-corrected chi connectivity index (χ2v) is 7.86. The van der Waals surface area contributed by atoms with Crippen molar-refractivity contribution < 1.29 is 45.3 Å². The zero-order valence-electron chi connectivity index (χ0n) is 18.9. The number of hydrogen-bond donors (Lipinski definition) is 2. The van der Waals surface area contributed by atoms with E-state index in [1.807, 2.05) is 4.98 Å². The smallest absolute Gasteiger partial charge is 0.454 e. The quantitative estimate of drug-likeness (QED) is 0.355. The molecule has 2 aromatic carbocycles. The Hall–Kier alpha value is -4.34. The molecule has 4 rings (SSSR count). The number of aryl methyl sites for hydroxylation is 1. The number of imidazole rings is 1. The summed E-state index contributed by atoms with van der Waals surface area (Å²) >= 11 is 0. The van der Waals surface area contributed by atoms with Crippen LogP contribution in [0.3, 0.4) is 0 Å².